The van der Waals surface area contributed by atoms with Crippen LogP contribution in [0, 0.1) is 0 Å². The minimum atomic E-state index is -0.967. The van der Waals surface area contributed by atoms with Crippen LogP contribution in [-0.4, -0.2) is 46.4 Å². The highest BCUT2D eigenvalue weighted by atomic mass is 16.4. The van der Waals surface area contributed by atoms with Crippen molar-refractivity contribution in [1.29, 1.82) is 0 Å². The Morgan fingerprint density at radius 2 is 2.36 bits per heavy atom. The quantitative estimate of drug-likeness (QED) is 0.462. The highest BCUT2D eigenvalue weighted by molar-refractivity contribution is 5.65. The van der Waals surface area contributed by atoms with Crippen LogP contribution in [0.1, 0.15) is 6.42 Å². The standard InChI is InChI=1S/C6H12N2O3/c7-6(4-9)1-2-8(3-6)5(10)11/h9H,1-4,7H2,(H,10,11)/t6-/m1/s1. The molecule has 64 valence electrons. The van der Waals surface area contributed by atoms with Crippen LogP contribution in [0.25, 0.3) is 0 Å². The van der Waals surface area contributed by atoms with Crippen molar-refractivity contribution in [3.8, 4) is 0 Å². The molecule has 5 nitrogen and oxygen atoms in total. The van der Waals surface area contributed by atoms with Gasteiger partial charge in [-0.2, -0.15) is 0 Å². The zero-order valence-corrected chi connectivity index (χ0v) is 6.16. The Morgan fingerprint density at radius 1 is 1.73 bits per heavy atom. The van der Waals surface area contributed by atoms with Crippen LogP contribution in [0.2, 0.25) is 0 Å². The number of aliphatic hydroxyl groups excluding tert-OH is 1. The molecule has 1 fully saturated rings. The summed E-state index contributed by atoms with van der Waals surface area (Å²) in [4.78, 5) is 11.6. The molecule has 1 saturated heterocycles. The van der Waals surface area contributed by atoms with Gasteiger partial charge in [-0.15, -0.1) is 0 Å². The van der Waals surface area contributed by atoms with E-state index in [9.17, 15) is 4.79 Å². The molecule has 1 amide bonds. The van der Waals surface area contributed by atoms with Gasteiger partial charge >= 0.3 is 6.09 Å². The molecule has 0 spiro atoms. The summed E-state index contributed by atoms with van der Waals surface area (Å²) in [6.07, 6.45) is -0.429. The van der Waals surface area contributed by atoms with Gasteiger partial charge in [0.25, 0.3) is 0 Å². The van der Waals surface area contributed by atoms with Crippen molar-refractivity contribution in [3.05, 3.63) is 0 Å². The molecule has 1 atom stereocenters. The number of likely N-dealkylation sites (tertiary alicyclic amines) is 1. The molecule has 0 aliphatic carbocycles. The van der Waals surface area contributed by atoms with Crippen LogP contribution in [0.5, 0.6) is 0 Å². The molecular weight excluding hydrogens is 148 g/mol. The second-order valence-electron chi connectivity index (χ2n) is 2.97. The monoisotopic (exact) mass is 160 g/mol. The van der Waals surface area contributed by atoms with Gasteiger partial charge in [-0.05, 0) is 6.42 Å². The predicted octanol–water partition coefficient (Wildman–Crippen LogP) is -0.940. The molecular formula is C6H12N2O3. The van der Waals surface area contributed by atoms with Gasteiger partial charge in [0.05, 0.1) is 12.1 Å². The average Bonchev–Trinajstić information content (AvgIpc) is 2.33. The highest BCUT2D eigenvalue weighted by Crippen LogP contribution is 2.17. The molecule has 5 heteroatoms. The number of aliphatic hydroxyl groups is 1. The third kappa shape index (κ3) is 1.61. The summed E-state index contributed by atoms with van der Waals surface area (Å²) >= 11 is 0. The molecule has 0 bridgehead atoms. The lowest BCUT2D eigenvalue weighted by molar-refractivity contribution is 0.146. The molecule has 0 unspecified atom stereocenters. The van der Waals surface area contributed by atoms with Crippen LogP contribution in [0.3, 0.4) is 0 Å². The van der Waals surface area contributed by atoms with E-state index in [4.69, 9.17) is 15.9 Å². The first-order valence-electron chi connectivity index (χ1n) is 3.45. The van der Waals surface area contributed by atoms with Crippen LogP contribution in [-0.2, 0) is 0 Å². The number of hydrogen-bond donors (Lipinski definition) is 3. The lowest BCUT2D eigenvalue weighted by atomic mass is 10.0. The van der Waals surface area contributed by atoms with Crippen LogP contribution in [0.15, 0.2) is 0 Å². The van der Waals surface area contributed by atoms with Crippen LogP contribution < -0.4 is 5.73 Å². The summed E-state index contributed by atoms with van der Waals surface area (Å²) in [5.74, 6) is 0. The Balaban J connectivity index is 2.53. The summed E-state index contributed by atoms with van der Waals surface area (Å²) in [6, 6.07) is 0. The Kier molecular flexibility index (Phi) is 2.01. The number of nitrogens with zero attached hydrogens (tertiary/aromatic N) is 1. The van der Waals surface area contributed by atoms with Gasteiger partial charge in [0.15, 0.2) is 0 Å². The summed E-state index contributed by atoms with van der Waals surface area (Å²) in [6.45, 7) is 0.502. The van der Waals surface area contributed by atoms with Crippen LogP contribution >= 0.6 is 0 Å². The van der Waals surface area contributed by atoms with Gasteiger partial charge in [0, 0.05) is 13.1 Å². The van der Waals surface area contributed by atoms with Gasteiger partial charge in [0.2, 0.25) is 0 Å². The summed E-state index contributed by atoms with van der Waals surface area (Å²) in [5.41, 5.74) is 4.92. The van der Waals surface area contributed by atoms with Gasteiger partial charge in [-0.25, -0.2) is 4.79 Å². The van der Waals surface area contributed by atoms with E-state index < -0.39 is 11.6 Å². The van der Waals surface area contributed by atoms with Crippen molar-refractivity contribution in [2.45, 2.75) is 12.0 Å². The first-order chi connectivity index (χ1) is 5.07. The third-order valence-corrected chi connectivity index (χ3v) is 1.97. The molecule has 1 rings (SSSR count). The summed E-state index contributed by atoms with van der Waals surface area (Å²) in [5, 5.41) is 17.3. The van der Waals surface area contributed by atoms with E-state index in [1.54, 1.807) is 0 Å². The Bertz CT molecular complexity index is 173. The van der Waals surface area contributed by atoms with E-state index in [1.807, 2.05) is 0 Å². The number of carbonyl (C=O) groups is 1. The number of hydrogen-bond acceptors (Lipinski definition) is 3. The van der Waals surface area contributed by atoms with Crippen molar-refractivity contribution in [1.82, 2.24) is 4.90 Å². The van der Waals surface area contributed by atoms with Crippen molar-refractivity contribution in [2.24, 2.45) is 5.73 Å². The summed E-state index contributed by atoms with van der Waals surface area (Å²) in [7, 11) is 0. The molecule has 0 aromatic carbocycles. The molecule has 0 saturated carbocycles. The number of carboxylic acid groups (broad SMARTS) is 1. The Labute approximate surface area is 64.4 Å². The molecule has 1 heterocycles. The molecule has 1 aliphatic heterocycles. The number of amides is 1. The highest BCUT2D eigenvalue weighted by Gasteiger charge is 2.35. The minimum absolute atomic E-state index is 0.156. The van der Waals surface area contributed by atoms with Crippen molar-refractivity contribution in [2.75, 3.05) is 19.7 Å². The van der Waals surface area contributed by atoms with Crippen molar-refractivity contribution in [3.63, 3.8) is 0 Å². The fourth-order valence-electron chi connectivity index (χ4n) is 1.19. The first kappa shape index (κ1) is 8.29. The maximum atomic E-state index is 10.4. The molecule has 4 N–H and O–H groups in total. The van der Waals surface area contributed by atoms with Gasteiger partial charge in [0.1, 0.15) is 0 Å². The predicted molar refractivity (Wildman–Crippen MR) is 38.2 cm³/mol. The lowest BCUT2D eigenvalue weighted by Crippen LogP contribution is -2.46. The number of rotatable bonds is 1. The summed E-state index contributed by atoms with van der Waals surface area (Å²) < 4.78 is 0. The Hall–Kier alpha value is -0.810. The maximum Gasteiger partial charge on any atom is 0.407 e. The third-order valence-electron chi connectivity index (χ3n) is 1.97. The van der Waals surface area contributed by atoms with E-state index in [2.05, 4.69) is 0 Å². The molecule has 11 heavy (non-hydrogen) atoms. The molecule has 0 aromatic rings. The van der Waals surface area contributed by atoms with Gasteiger partial charge < -0.3 is 20.8 Å². The largest absolute Gasteiger partial charge is 0.465 e. The maximum absolute atomic E-state index is 10.4. The second kappa shape index (κ2) is 2.67. The lowest BCUT2D eigenvalue weighted by Gasteiger charge is -2.20. The topological polar surface area (TPSA) is 86.8 Å². The fourth-order valence-corrected chi connectivity index (χ4v) is 1.19. The van der Waals surface area contributed by atoms with Crippen molar-refractivity contribution < 1.29 is 15.0 Å². The normalized spacial score (nSPS) is 30.9. The molecule has 1 aliphatic rings. The second-order valence-corrected chi connectivity index (χ2v) is 2.97. The SMILES string of the molecule is N[C@]1(CO)CCN(C(=O)O)C1. The molecule has 0 radical (unpaired) electrons. The average molecular weight is 160 g/mol. The fraction of sp³-hybridized carbons (Fsp3) is 0.833. The van der Waals surface area contributed by atoms with E-state index in [1.165, 1.54) is 4.90 Å². The zero-order valence-electron chi connectivity index (χ0n) is 6.16. The van der Waals surface area contributed by atoms with Crippen molar-refractivity contribution >= 4 is 6.09 Å². The van der Waals surface area contributed by atoms with Gasteiger partial charge in [-0.3, -0.25) is 0 Å². The van der Waals surface area contributed by atoms with E-state index >= 15 is 0 Å². The first-order valence-corrected chi connectivity index (χ1v) is 3.45. The Morgan fingerprint density at radius 3 is 2.64 bits per heavy atom. The minimum Gasteiger partial charge on any atom is -0.465 e. The van der Waals surface area contributed by atoms with Gasteiger partial charge in [-0.1, -0.05) is 0 Å². The zero-order chi connectivity index (χ0) is 8.48. The van der Waals surface area contributed by atoms with E-state index in [0.29, 0.717) is 13.0 Å². The van der Waals surface area contributed by atoms with E-state index in [-0.39, 0.29) is 13.2 Å². The smallest absolute Gasteiger partial charge is 0.407 e. The van der Waals surface area contributed by atoms with E-state index in [0.717, 1.165) is 0 Å². The van der Waals surface area contributed by atoms with Crippen LogP contribution in [0.4, 0.5) is 4.79 Å². The number of nitrogens with two attached hydrogens (primary N) is 1. The molecule has 0 aromatic heterocycles.